The second kappa shape index (κ2) is 6.37. The molecule has 0 spiro atoms. The lowest BCUT2D eigenvalue weighted by molar-refractivity contribution is -0.275. The molecule has 0 unspecified atom stereocenters. The molecule has 0 saturated carbocycles. The zero-order valence-corrected chi connectivity index (χ0v) is 14.9. The highest BCUT2D eigenvalue weighted by atomic mass is 35.5. The summed E-state index contributed by atoms with van der Waals surface area (Å²) in [6, 6.07) is 4.88. The largest absolute Gasteiger partial charge is 0.574 e. The number of aromatic nitrogens is 6. The van der Waals surface area contributed by atoms with E-state index in [0.717, 1.165) is 0 Å². The van der Waals surface area contributed by atoms with E-state index in [1.54, 1.807) is 25.3 Å². The number of aromatic amines is 1. The number of nitrogens with two attached hydrogens (primary N) is 1. The minimum atomic E-state index is -4.98. The van der Waals surface area contributed by atoms with E-state index in [-0.39, 0.29) is 11.5 Å². The number of fused-ring (bicyclic) bond motifs is 1. The van der Waals surface area contributed by atoms with Gasteiger partial charge in [-0.1, -0.05) is 11.6 Å². The van der Waals surface area contributed by atoms with Gasteiger partial charge in [0.1, 0.15) is 5.69 Å². The van der Waals surface area contributed by atoms with Gasteiger partial charge in [0, 0.05) is 17.1 Å². The Balaban J connectivity index is 1.97. The zero-order chi connectivity index (χ0) is 20.1. The SMILES string of the molecule is Cc1ccn(-c2nc(N)c(OC(F)(F)F)nc2-c2cc(Cl)c3[nH]ncc3c2)n1. The molecule has 0 aliphatic heterocycles. The highest BCUT2D eigenvalue weighted by molar-refractivity contribution is 6.35. The molecule has 1 aromatic carbocycles. The Bertz CT molecular complexity index is 1180. The van der Waals surface area contributed by atoms with E-state index in [2.05, 4.69) is 30.0 Å². The predicted molar refractivity (Wildman–Crippen MR) is 95.1 cm³/mol. The van der Waals surface area contributed by atoms with Gasteiger partial charge in [-0.05, 0) is 25.1 Å². The van der Waals surface area contributed by atoms with Gasteiger partial charge >= 0.3 is 6.36 Å². The maximum Gasteiger partial charge on any atom is 0.574 e. The van der Waals surface area contributed by atoms with E-state index in [4.69, 9.17) is 17.3 Å². The van der Waals surface area contributed by atoms with Crippen LogP contribution in [0.4, 0.5) is 19.0 Å². The number of alkyl halides is 3. The summed E-state index contributed by atoms with van der Waals surface area (Å²) in [7, 11) is 0. The fourth-order valence-electron chi connectivity index (χ4n) is 2.65. The van der Waals surface area contributed by atoms with Crippen LogP contribution in [0.3, 0.4) is 0 Å². The summed E-state index contributed by atoms with van der Waals surface area (Å²) >= 11 is 6.26. The van der Waals surface area contributed by atoms with Crippen LogP contribution in [0.1, 0.15) is 5.69 Å². The molecule has 0 saturated heterocycles. The fourth-order valence-corrected chi connectivity index (χ4v) is 2.91. The summed E-state index contributed by atoms with van der Waals surface area (Å²) in [6.07, 6.45) is -1.86. The van der Waals surface area contributed by atoms with Crippen LogP contribution in [0, 0.1) is 6.92 Å². The van der Waals surface area contributed by atoms with Gasteiger partial charge in [0.2, 0.25) is 0 Å². The molecule has 3 heterocycles. The fraction of sp³-hybridized carbons (Fsp3) is 0.125. The molecule has 3 N–H and O–H groups in total. The third-order valence-electron chi connectivity index (χ3n) is 3.80. The van der Waals surface area contributed by atoms with Gasteiger partial charge in [-0.3, -0.25) is 5.10 Å². The first-order chi connectivity index (χ1) is 13.2. The lowest BCUT2D eigenvalue weighted by atomic mass is 10.1. The van der Waals surface area contributed by atoms with Crippen molar-refractivity contribution in [2.75, 3.05) is 5.73 Å². The van der Waals surface area contributed by atoms with Crippen LogP contribution < -0.4 is 10.5 Å². The van der Waals surface area contributed by atoms with Gasteiger partial charge in [0.05, 0.1) is 22.4 Å². The zero-order valence-electron chi connectivity index (χ0n) is 14.1. The van der Waals surface area contributed by atoms with Crippen molar-refractivity contribution in [3.8, 4) is 23.0 Å². The summed E-state index contributed by atoms with van der Waals surface area (Å²) in [5.74, 6) is -1.27. The summed E-state index contributed by atoms with van der Waals surface area (Å²) in [5.41, 5.74) is 7.34. The molecule has 0 bridgehead atoms. The predicted octanol–water partition coefficient (Wildman–Crippen LogP) is 3.65. The number of H-pyrrole nitrogens is 1. The lowest BCUT2D eigenvalue weighted by Crippen LogP contribution is -2.20. The van der Waals surface area contributed by atoms with E-state index in [0.29, 0.717) is 27.2 Å². The van der Waals surface area contributed by atoms with Crippen molar-refractivity contribution in [1.29, 1.82) is 0 Å². The average molecular weight is 410 g/mol. The molecule has 4 rings (SSSR count). The summed E-state index contributed by atoms with van der Waals surface area (Å²) < 4.78 is 43.4. The maximum atomic E-state index is 12.7. The van der Waals surface area contributed by atoms with Crippen LogP contribution >= 0.6 is 11.6 Å². The average Bonchev–Trinajstić information content (AvgIpc) is 3.24. The molecule has 12 heteroatoms. The second-order valence-electron chi connectivity index (χ2n) is 5.83. The number of halogens is 4. The number of nitrogen functional groups attached to an aromatic ring is 1. The van der Waals surface area contributed by atoms with Crippen molar-refractivity contribution in [1.82, 2.24) is 29.9 Å². The molecule has 0 aliphatic carbocycles. The van der Waals surface area contributed by atoms with Gasteiger partial charge < -0.3 is 10.5 Å². The number of benzene rings is 1. The van der Waals surface area contributed by atoms with Crippen molar-refractivity contribution >= 4 is 28.3 Å². The second-order valence-corrected chi connectivity index (χ2v) is 6.24. The van der Waals surface area contributed by atoms with Crippen molar-refractivity contribution in [3.05, 3.63) is 41.3 Å². The van der Waals surface area contributed by atoms with Gasteiger partial charge in [-0.2, -0.15) is 10.2 Å². The number of aryl methyl sites for hydroxylation is 1. The highest BCUT2D eigenvalue weighted by Crippen LogP contribution is 2.35. The van der Waals surface area contributed by atoms with Crippen LogP contribution in [-0.2, 0) is 0 Å². The van der Waals surface area contributed by atoms with E-state index in [1.807, 2.05) is 0 Å². The number of nitrogens with one attached hydrogen (secondary N) is 1. The van der Waals surface area contributed by atoms with E-state index >= 15 is 0 Å². The third-order valence-corrected chi connectivity index (χ3v) is 4.09. The quantitative estimate of drug-likeness (QED) is 0.534. The van der Waals surface area contributed by atoms with Gasteiger partial charge in [-0.15, -0.1) is 13.2 Å². The lowest BCUT2D eigenvalue weighted by Gasteiger charge is -2.14. The monoisotopic (exact) mass is 409 g/mol. The summed E-state index contributed by atoms with van der Waals surface area (Å²) in [6.45, 7) is 1.75. The molecule has 144 valence electrons. The Morgan fingerprint density at radius 3 is 2.71 bits per heavy atom. The molecule has 0 radical (unpaired) electrons. The molecular weight excluding hydrogens is 399 g/mol. The van der Waals surface area contributed by atoms with Gasteiger partial charge in [-0.25, -0.2) is 14.6 Å². The first kappa shape index (κ1) is 18.0. The Morgan fingerprint density at radius 1 is 1.25 bits per heavy atom. The van der Waals surface area contributed by atoms with E-state index in [9.17, 15) is 13.2 Å². The Hall–Kier alpha value is -3.34. The number of ether oxygens (including phenoxy) is 1. The van der Waals surface area contributed by atoms with Crippen molar-refractivity contribution in [3.63, 3.8) is 0 Å². The molecule has 28 heavy (non-hydrogen) atoms. The molecule has 0 atom stereocenters. The minimum absolute atomic E-state index is 0.0570. The van der Waals surface area contributed by atoms with Crippen LogP contribution in [0.15, 0.2) is 30.6 Å². The molecule has 8 nitrogen and oxygen atoms in total. The third kappa shape index (κ3) is 3.31. The van der Waals surface area contributed by atoms with Gasteiger partial charge in [0.15, 0.2) is 11.6 Å². The first-order valence-corrected chi connectivity index (χ1v) is 8.18. The smallest absolute Gasteiger partial charge is 0.384 e. The number of nitrogens with zero attached hydrogens (tertiary/aromatic N) is 5. The van der Waals surface area contributed by atoms with Crippen LogP contribution in [0.2, 0.25) is 5.02 Å². The van der Waals surface area contributed by atoms with Crippen molar-refractivity contribution in [2.24, 2.45) is 0 Å². The summed E-state index contributed by atoms with van der Waals surface area (Å²) in [5, 5.41) is 11.8. The number of anilines is 1. The Morgan fingerprint density at radius 2 is 2.04 bits per heavy atom. The number of rotatable bonds is 3. The molecule has 3 aromatic heterocycles. The molecule has 4 aromatic rings. The molecular formula is C16H11ClF3N7O. The standard InChI is InChI=1S/C16H11ClF3N7O/c1-7-2-3-27(26-7)14-12(23-15(13(21)24-14)28-16(18,19)20)8-4-9-6-22-25-11(9)10(17)5-8/h2-6H,1H3,(H2,21,24)(H,22,25). The van der Waals surface area contributed by atoms with Crippen molar-refractivity contribution in [2.45, 2.75) is 13.3 Å². The van der Waals surface area contributed by atoms with Crippen LogP contribution in [0.5, 0.6) is 5.88 Å². The molecule has 0 fully saturated rings. The Labute approximate surface area is 160 Å². The normalized spacial score (nSPS) is 11.9. The van der Waals surface area contributed by atoms with Crippen LogP contribution in [-0.4, -0.2) is 36.3 Å². The van der Waals surface area contributed by atoms with Gasteiger partial charge in [0.25, 0.3) is 5.88 Å². The maximum absolute atomic E-state index is 12.7. The summed E-state index contributed by atoms with van der Waals surface area (Å²) in [4.78, 5) is 8.00. The van der Waals surface area contributed by atoms with Crippen LogP contribution in [0.25, 0.3) is 28.0 Å². The Kier molecular flexibility index (Phi) is 4.11. The number of hydrogen-bond donors (Lipinski definition) is 2. The van der Waals surface area contributed by atoms with Crippen molar-refractivity contribution < 1.29 is 17.9 Å². The molecule has 0 amide bonds. The number of hydrogen-bond acceptors (Lipinski definition) is 6. The van der Waals surface area contributed by atoms with E-state index in [1.165, 1.54) is 16.9 Å². The molecule has 0 aliphatic rings. The van der Waals surface area contributed by atoms with E-state index < -0.39 is 18.1 Å². The topological polar surface area (TPSA) is 108 Å². The minimum Gasteiger partial charge on any atom is -0.384 e. The first-order valence-electron chi connectivity index (χ1n) is 7.80. The highest BCUT2D eigenvalue weighted by Gasteiger charge is 2.34.